The molecule has 2 aliphatic heterocycles. The molecular weight excluding hydrogens is 561 g/mol. The van der Waals surface area contributed by atoms with Crippen LogP contribution in [0.2, 0.25) is 0 Å². The van der Waals surface area contributed by atoms with E-state index in [9.17, 15) is 35.2 Å². The maximum Gasteiger partial charge on any atom is 0.453 e. The van der Waals surface area contributed by atoms with Crippen LogP contribution in [-0.4, -0.2) is 42.9 Å². The maximum absolute atomic E-state index is 13.2. The van der Waals surface area contributed by atoms with Crippen LogP contribution in [0.5, 0.6) is 5.75 Å². The summed E-state index contributed by atoms with van der Waals surface area (Å²) >= 11 is 2.36. The number of thioether (sulfide) groups is 1. The molecule has 0 spiro atoms. The number of anilines is 1. The molecule has 0 saturated heterocycles. The molecule has 0 radical (unpaired) electrons. The van der Waals surface area contributed by atoms with Gasteiger partial charge in [0, 0.05) is 17.0 Å². The number of nitrogens with zero attached hydrogens (tertiary/aromatic N) is 2. The maximum atomic E-state index is 13.2. The van der Waals surface area contributed by atoms with Crippen LogP contribution in [0.15, 0.2) is 32.1 Å². The summed E-state index contributed by atoms with van der Waals surface area (Å²) in [5.41, 5.74) is 0.761. The Morgan fingerprint density at radius 1 is 1.14 bits per heavy atom. The van der Waals surface area contributed by atoms with E-state index in [1.807, 2.05) is 0 Å². The van der Waals surface area contributed by atoms with Gasteiger partial charge in [0.15, 0.2) is 5.82 Å². The molecule has 1 aromatic carbocycles. The zero-order valence-corrected chi connectivity index (χ0v) is 22.7. The normalized spacial score (nSPS) is 12.8. The highest BCUT2D eigenvalue weighted by atomic mass is 32.2. The predicted molar refractivity (Wildman–Crippen MR) is 132 cm³/mol. The van der Waals surface area contributed by atoms with Crippen molar-refractivity contribution < 1.29 is 35.1 Å². The van der Waals surface area contributed by atoms with Crippen LogP contribution >= 0.6 is 23.1 Å². The lowest BCUT2D eigenvalue weighted by molar-refractivity contribution is -0.284. The van der Waals surface area contributed by atoms with E-state index in [4.69, 9.17) is 4.74 Å². The van der Waals surface area contributed by atoms with Gasteiger partial charge in [0.25, 0.3) is 10.0 Å². The average molecular weight is 586 g/mol. The minimum absolute atomic E-state index is 0.0438. The molecule has 15 heteroatoms. The van der Waals surface area contributed by atoms with Crippen molar-refractivity contribution in [3.05, 3.63) is 44.8 Å². The van der Waals surface area contributed by atoms with Crippen molar-refractivity contribution in [1.29, 1.82) is 0 Å². The number of halogens is 5. The number of hydrogen-bond acceptors (Lipinski definition) is 7. The first kappa shape index (κ1) is 29.2. The van der Waals surface area contributed by atoms with Crippen LogP contribution in [0.1, 0.15) is 35.4 Å². The van der Waals surface area contributed by atoms with Crippen LogP contribution < -0.4 is 15.1 Å². The SMILES string of the molecule is COc1cc(C)ccc1S(=O)(=O)Nc1nc(=O)n2c(C)c(C)sc(SCCCCC(F)(F)C(F)(F)F)c1-2. The summed E-state index contributed by atoms with van der Waals surface area (Å²) in [6.07, 6.45) is -7.26. The Bertz CT molecular complexity index is 1420. The molecule has 0 bridgehead atoms. The van der Waals surface area contributed by atoms with Gasteiger partial charge in [0.05, 0.1) is 11.3 Å². The largest absolute Gasteiger partial charge is 0.495 e. The molecule has 2 aliphatic rings. The number of rotatable bonds is 10. The molecule has 3 rings (SSSR count). The fourth-order valence-corrected chi connectivity index (χ4v) is 7.10. The topological polar surface area (TPSA) is 90.3 Å². The average Bonchev–Trinajstić information content (AvgIpc) is 3.10. The van der Waals surface area contributed by atoms with Crippen LogP contribution in [0, 0.1) is 20.8 Å². The molecule has 0 unspecified atom stereocenters. The molecule has 0 saturated carbocycles. The molecule has 37 heavy (non-hydrogen) atoms. The van der Waals surface area contributed by atoms with E-state index in [-0.39, 0.29) is 40.7 Å². The second-order valence-electron chi connectivity index (χ2n) is 8.23. The number of methoxy groups -OCH3 is 1. The van der Waals surface area contributed by atoms with Gasteiger partial charge in [-0.05, 0) is 57.1 Å². The molecule has 204 valence electrons. The molecule has 2 heterocycles. The summed E-state index contributed by atoms with van der Waals surface area (Å²) < 4.78 is 99.1. The molecule has 0 fully saturated rings. The third-order valence-electron chi connectivity index (χ3n) is 5.50. The summed E-state index contributed by atoms with van der Waals surface area (Å²) in [4.78, 5) is 17.1. The summed E-state index contributed by atoms with van der Waals surface area (Å²) in [5, 5.41) is 0. The molecule has 0 aromatic heterocycles. The number of fused-ring (bicyclic) bond motifs is 1. The number of imidazole rings is 1. The van der Waals surface area contributed by atoms with Gasteiger partial charge in [-0.2, -0.15) is 26.9 Å². The minimum atomic E-state index is -5.60. The van der Waals surface area contributed by atoms with Crippen LogP contribution in [0.25, 0.3) is 5.69 Å². The van der Waals surface area contributed by atoms with Gasteiger partial charge in [0.2, 0.25) is 0 Å². The van der Waals surface area contributed by atoms with Crippen molar-refractivity contribution in [2.45, 2.75) is 61.2 Å². The van der Waals surface area contributed by atoms with Gasteiger partial charge in [-0.15, -0.1) is 23.1 Å². The Balaban J connectivity index is 1.90. The number of aryl methyl sites for hydroxylation is 2. The van der Waals surface area contributed by atoms with Crippen molar-refractivity contribution in [2.24, 2.45) is 0 Å². The highest BCUT2D eigenvalue weighted by molar-refractivity contribution is 8.01. The number of unbranched alkanes of at least 4 members (excludes halogenated alkanes) is 1. The molecule has 7 nitrogen and oxygen atoms in total. The summed E-state index contributed by atoms with van der Waals surface area (Å²) in [6, 6.07) is 4.48. The van der Waals surface area contributed by atoms with Gasteiger partial charge in [0.1, 0.15) is 16.3 Å². The van der Waals surface area contributed by atoms with Gasteiger partial charge in [-0.3, -0.25) is 9.29 Å². The second-order valence-corrected chi connectivity index (χ2v) is 12.5. The predicted octanol–water partition coefficient (Wildman–Crippen LogP) is 5.93. The Labute approximate surface area is 218 Å². The minimum Gasteiger partial charge on any atom is -0.495 e. The quantitative estimate of drug-likeness (QED) is 0.180. The Hall–Kier alpha value is -2.39. The van der Waals surface area contributed by atoms with Crippen molar-refractivity contribution in [3.8, 4) is 11.4 Å². The zero-order valence-electron chi connectivity index (χ0n) is 20.2. The number of alkyl halides is 5. The Morgan fingerprint density at radius 3 is 2.43 bits per heavy atom. The lowest BCUT2D eigenvalue weighted by Crippen LogP contribution is -2.36. The smallest absolute Gasteiger partial charge is 0.453 e. The van der Waals surface area contributed by atoms with E-state index in [2.05, 4.69) is 9.71 Å². The zero-order chi connectivity index (χ0) is 27.8. The number of benzene rings is 1. The second kappa shape index (κ2) is 10.8. The fraction of sp³-hybridized carbons (Fsp3) is 0.455. The van der Waals surface area contributed by atoms with Crippen LogP contribution in [-0.2, 0) is 10.0 Å². The highest BCUT2D eigenvalue weighted by Crippen LogP contribution is 2.41. The highest BCUT2D eigenvalue weighted by Gasteiger charge is 2.56. The fourth-order valence-electron chi connectivity index (χ4n) is 3.42. The summed E-state index contributed by atoms with van der Waals surface area (Å²) in [7, 11) is -2.91. The van der Waals surface area contributed by atoms with Gasteiger partial charge in [-0.25, -0.2) is 13.2 Å². The first-order chi connectivity index (χ1) is 17.1. The number of sulfonamides is 1. The first-order valence-corrected chi connectivity index (χ1v) is 14.1. The number of aromatic nitrogens is 2. The lowest BCUT2D eigenvalue weighted by atomic mass is 10.1. The van der Waals surface area contributed by atoms with Gasteiger partial charge in [-0.1, -0.05) is 6.07 Å². The first-order valence-electron chi connectivity index (χ1n) is 10.9. The van der Waals surface area contributed by atoms with E-state index in [0.29, 0.717) is 9.90 Å². The number of hydrogen-bond donors (Lipinski definition) is 1. The van der Waals surface area contributed by atoms with Crippen molar-refractivity contribution >= 4 is 38.9 Å². The molecule has 0 atom stereocenters. The third-order valence-corrected chi connectivity index (χ3v) is 9.41. The van der Waals surface area contributed by atoms with Crippen molar-refractivity contribution in [2.75, 3.05) is 17.6 Å². The van der Waals surface area contributed by atoms with E-state index < -0.39 is 34.2 Å². The number of nitrogens with one attached hydrogen (secondary N) is 1. The van der Waals surface area contributed by atoms with Crippen molar-refractivity contribution in [3.63, 3.8) is 0 Å². The number of ether oxygens (including phenoxy) is 1. The Kier molecular flexibility index (Phi) is 8.49. The van der Waals surface area contributed by atoms with Crippen LogP contribution in [0.3, 0.4) is 0 Å². The standard InChI is InChI=1S/C22H24F5N3O4S3/c1-12-7-8-16(15(11-12)34-4)37(32,33)29-18-17-19(36-14(3)13(2)30(17)20(31)28-18)35-10-6-5-9-21(23,24)22(25,26)27/h7-8,11H,5-6,9-10H2,1-4H3,(H,28,29,31). The molecule has 0 aliphatic carbocycles. The monoisotopic (exact) mass is 585 g/mol. The third kappa shape index (κ3) is 6.20. The van der Waals surface area contributed by atoms with Crippen molar-refractivity contribution in [1.82, 2.24) is 9.55 Å². The van der Waals surface area contributed by atoms with E-state index in [1.54, 1.807) is 26.8 Å². The lowest BCUT2D eigenvalue weighted by Gasteiger charge is -2.19. The molecule has 1 N–H and O–H groups in total. The molecular formula is C22H24F5N3O4S3. The van der Waals surface area contributed by atoms with E-state index in [1.165, 1.54) is 35.1 Å². The van der Waals surface area contributed by atoms with E-state index >= 15 is 0 Å². The molecule has 0 amide bonds. The Morgan fingerprint density at radius 2 is 1.81 bits per heavy atom. The van der Waals surface area contributed by atoms with Crippen LogP contribution in [0.4, 0.5) is 27.8 Å². The molecule has 1 aromatic rings. The summed E-state index contributed by atoms with van der Waals surface area (Å²) in [5.74, 6) is -4.73. The van der Waals surface area contributed by atoms with Gasteiger partial charge >= 0.3 is 17.8 Å². The van der Waals surface area contributed by atoms with E-state index in [0.717, 1.165) is 22.2 Å². The van der Waals surface area contributed by atoms with Gasteiger partial charge < -0.3 is 4.74 Å². The summed E-state index contributed by atoms with van der Waals surface area (Å²) in [6.45, 7) is 5.17.